The molecule has 1 aliphatic rings. The summed E-state index contributed by atoms with van der Waals surface area (Å²) in [4.78, 5) is 11.7. The van der Waals surface area contributed by atoms with Crippen molar-refractivity contribution in [1.29, 1.82) is 0 Å². The monoisotopic (exact) mass is 310 g/mol. The Balaban J connectivity index is 1.66. The number of rotatable bonds is 5. The van der Waals surface area contributed by atoms with E-state index in [1.54, 1.807) is 0 Å². The van der Waals surface area contributed by atoms with Crippen molar-refractivity contribution in [3.63, 3.8) is 0 Å². The van der Waals surface area contributed by atoms with E-state index in [0.29, 0.717) is 12.5 Å². The lowest BCUT2D eigenvalue weighted by Gasteiger charge is -2.10. The lowest BCUT2D eigenvalue weighted by molar-refractivity contribution is -0.120. The average Bonchev–Trinajstić information content (AvgIpc) is 2.85. The molecule has 0 aromatic heterocycles. The van der Waals surface area contributed by atoms with E-state index in [2.05, 4.69) is 26.6 Å². The molecule has 1 saturated heterocycles. The van der Waals surface area contributed by atoms with Crippen molar-refractivity contribution < 1.29 is 4.79 Å². The van der Waals surface area contributed by atoms with E-state index in [1.165, 1.54) is 12.8 Å². The van der Waals surface area contributed by atoms with Gasteiger partial charge in [-0.25, -0.2) is 0 Å². The fourth-order valence-electron chi connectivity index (χ4n) is 2.24. The highest BCUT2D eigenvalue weighted by Gasteiger charge is 2.13. The third-order valence-electron chi connectivity index (χ3n) is 3.26. The zero-order chi connectivity index (χ0) is 12.8. The van der Waals surface area contributed by atoms with Gasteiger partial charge in [0.15, 0.2) is 0 Å². The maximum atomic E-state index is 11.7. The van der Waals surface area contributed by atoms with Crippen molar-refractivity contribution in [2.75, 3.05) is 13.1 Å². The number of carbonyl (C=O) groups excluding carboxylic acids is 1. The molecule has 0 aliphatic carbocycles. The van der Waals surface area contributed by atoms with Crippen LogP contribution < -0.4 is 10.6 Å². The molecule has 1 aromatic carbocycles. The Bertz CT molecular complexity index is 385. The van der Waals surface area contributed by atoms with E-state index in [-0.39, 0.29) is 5.91 Å². The van der Waals surface area contributed by atoms with Crippen LogP contribution in [-0.2, 0) is 11.2 Å². The highest BCUT2D eigenvalue weighted by molar-refractivity contribution is 9.10. The molecule has 1 atom stereocenters. The van der Waals surface area contributed by atoms with Crippen molar-refractivity contribution in [3.8, 4) is 0 Å². The average molecular weight is 311 g/mol. The number of amides is 1. The summed E-state index contributed by atoms with van der Waals surface area (Å²) in [6, 6.07) is 8.47. The summed E-state index contributed by atoms with van der Waals surface area (Å²) >= 11 is 3.38. The molecule has 3 nitrogen and oxygen atoms in total. The van der Waals surface area contributed by atoms with Crippen LogP contribution in [0.15, 0.2) is 28.7 Å². The molecule has 1 amide bonds. The lowest BCUT2D eigenvalue weighted by Crippen LogP contribution is -2.31. The molecule has 0 saturated carbocycles. The molecule has 18 heavy (non-hydrogen) atoms. The van der Waals surface area contributed by atoms with Crippen LogP contribution in [0.3, 0.4) is 0 Å². The Morgan fingerprint density at radius 3 is 2.83 bits per heavy atom. The number of nitrogens with one attached hydrogen (secondary N) is 2. The molecule has 0 bridgehead atoms. The molecule has 0 unspecified atom stereocenters. The van der Waals surface area contributed by atoms with Crippen molar-refractivity contribution in [3.05, 3.63) is 34.3 Å². The van der Waals surface area contributed by atoms with Crippen LogP contribution in [0.25, 0.3) is 0 Å². The first kappa shape index (κ1) is 13.6. The van der Waals surface area contributed by atoms with E-state index in [9.17, 15) is 4.79 Å². The molecular formula is C14H19BrN2O. The van der Waals surface area contributed by atoms with Crippen molar-refractivity contribution >= 4 is 21.8 Å². The summed E-state index contributed by atoms with van der Waals surface area (Å²) in [6.45, 7) is 1.89. The Morgan fingerprint density at radius 1 is 1.39 bits per heavy atom. The molecule has 2 N–H and O–H groups in total. The van der Waals surface area contributed by atoms with Gasteiger partial charge >= 0.3 is 0 Å². The maximum Gasteiger partial charge on any atom is 0.224 e. The van der Waals surface area contributed by atoms with E-state index < -0.39 is 0 Å². The highest BCUT2D eigenvalue weighted by Crippen LogP contribution is 2.11. The number of hydrogen-bond acceptors (Lipinski definition) is 2. The molecule has 1 aliphatic heterocycles. The fourth-order valence-corrected chi connectivity index (χ4v) is 2.50. The Morgan fingerprint density at radius 2 is 2.17 bits per heavy atom. The van der Waals surface area contributed by atoms with Crippen molar-refractivity contribution in [2.24, 2.45) is 0 Å². The highest BCUT2D eigenvalue weighted by atomic mass is 79.9. The van der Waals surface area contributed by atoms with Gasteiger partial charge in [0.2, 0.25) is 5.91 Å². The van der Waals surface area contributed by atoms with Gasteiger partial charge in [-0.3, -0.25) is 4.79 Å². The van der Waals surface area contributed by atoms with Gasteiger partial charge in [0, 0.05) is 17.1 Å². The molecule has 98 valence electrons. The van der Waals surface area contributed by atoms with Gasteiger partial charge in [0.25, 0.3) is 0 Å². The van der Waals surface area contributed by atoms with Crippen LogP contribution in [0.4, 0.5) is 0 Å². The maximum absolute atomic E-state index is 11.7. The van der Waals surface area contributed by atoms with Gasteiger partial charge in [0.05, 0.1) is 6.42 Å². The van der Waals surface area contributed by atoms with E-state index >= 15 is 0 Å². The molecule has 4 heteroatoms. The van der Waals surface area contributed by atoms with Crippen LogP contribution >= 0.6 is 15.9 Å². The van der Waals surface area contributed by atoms with Crippen LogP contribution in [-0.4, -0.2) is 25.0 Å². The number of halogens is 1. The first-order chi connectivity index (χ1) is 8.74. The standard InChI is InChI=1S/C14H19BrN2O/c15-12-5-3-11(4-6-12)10-14(18)17-9-7-13-2-1-8-16-13/h3-6,13,16H,1-2,7-10H2,(H,17,18)/t13-/m1/s1. The summed E-state index contributed by atoms with van der Waals surface area (Å²) in [5.74, 6) is 0.107. The predicted octanol–water partition coefficient (Wildman–Crippen LogP) is 2.25. The number of benzene rings is 1. The minimum atomic E-state index is 0.107. The molecule has 1 heterocycles. The quantitative estimate of drug-likeness (QED) is 0.876. The summed E-state index contributed by atoms with van der Waals surface area (Å²) in [7, 11) is 0. The van der Waals surface area contributed by atoms with Gasteiger partial charge in [-0.05, 0) is 43.5 Å². The second-order valence-corrected chi connectivity index (χ2v) is 5.65. The number of hydrogen-bond donors (Lipinski definition) is 2. The Labute approximate surface area is 116 Å². The molecule has 0 spiro atoms. The summed E-state index contributed by atoms with van der Waals surface area (Å²) < 4.78 is 1.04. The normalized spacial score (nSPS) is 18.8. The Kier molecular flexibility index (Phi) is 5.20. The van der Waals surface area contributed by atoms with Crippen LogP contribution in [0.5, 0.6) is 0 Å². The van der Waals surface area contributed by atoms with E-state index in [0.717, 1.165) is 29.5 Å². The molecule has 1 aromatic rings. The van der Waals surface area contributed by atoms with Gasteiger partial charge < -0.3 is 10.6 Å². The second-order valence-electron chi connectivity index (χ2n) is 4.74. The zero-order valence-corrected chi connectivity index (χ0v) is 12.0. The summed E-state index contributed by atoms with van der Waals surface area (Å²) in [6.07, 6.45) is 4.00. The minimum Gasteiger partial charge on any atom is -0.356 e. The van der Waals surface area contributed by atoms with Gasteiger partial charge in [0.1, 0.15) is 0 Å². The number of carbonyl (C=O) groups is 1. The summed E-state index contributed by atoms with van der Waals surface area (Å²) in [5.41, 5.74) is 1.05. The van der Waals surface area contributed by atoms with Gasteiger partial charge in [-0.15, -0.1) is 0 Å². The first-order valence-corrected chi connectivity index (χ1v) is 7.28. The first-order valence-electron chi connectivity index (χ1n) is 6.48. The largest absolute Gasteiger partial charge is 0.356 e. The van der Waals surface area contributed by atoms with Crippen LogP contribution in [0, 0.1) is 0 Å². The SMILES string of the molecule is O=C(Cc1ccc(Br)cc1)NCC[C@H]1CCCN1. The summed E-state index contributed by atoms with van der Waals surface area (Å²) in [5, 5.41) is 6.41. The second kappa shape index (κ2) is 6.90. The topological polar surface area (TPSA) is 41.1 Å². The third kappa shape index (κ3) is 4.42. The van der Waals surface area contributed by atoms with E-state index in [4.69, 9.17) is 0 Å². The third-order valence-corrected chi connectivity index (χ3v) is 3.78. The minimum absolute atomic E-state index is 0.107. The molecular weight excluding hydrogens is 292 g/mol. The fraction of sp³-hybridized carbons (Fsp3) is 0.500. The molecule has 2 rings (SSSR count). The molecule has 0 radical (unpaired) electrons. The van der Waals surface area contributed by atoms with Crippen LogP contribution in [0.1, 0.15) is 24.8 Å². The smallest absolute Gasteiger partial charge is 0.224 e. The van der Waals surface area contributed by atoms with Gasteiger partial charge in [-0.1, -0.05) is 28.1 Å². The lowest BCUT2D eigenvalue weighted by atomic mass is 10.1. The molecule has 1 fully saturated rings. The van der Waals surface area contributed by atoms with Gasteiger partial charge in [-0.2, -0.15) is 0 Å². The predicted molar refractivity (Wildman–Crippen MR) is 76.5 cm³/mol. The van der Waals surface area contributed by atoms with Crippen LogP contribution in [0.2, 0.25) is 0 Å². The Hall–Kier alpha value is -0.870. The van der Waals surface area contributed by atoms with Crippen molar-refractivity contribution in [1.82, 2.24) is 10.6 Å². The zero-order valence-electron chi connectivity index (χ0n) is 10.4. The van der Waals surface area contributed by atoms with Crippen molar-refractivity contribution in [2.45, 2.75) is 31.7 Å². The van der Waals surface area contributed by atoms with E-state index in [1.807, 2.05) is 24.3 Å².